The number of hydrogen-bond acceptors (Lipinski definition) is 5. The smallest absolute Gasteiger partial charge is 0.404 e. The Morgan fingerprint density at radius 1 is 1.58 bits per heavy atom. The van der Waals surface area contributed by atoms with Crippen LogP contribution in [0.5, 0.6) is 0 Å². The fourth-order valence-electron chi connectivity index (χ4n) is 2.88. The highest BCUT2D eigenvalue weighted by Crippen LogP contribution is 2.50. The Morgan fingerprint density at radius 2 is 2.21 bits per heavy atom. The van der Waals surface area contributed by atoms with Crippen molar-refractivity contribution >= 4 is 23.5 Å². The first-order valence-corrected chi connectivity index (χ1v) is 7.95. The zero-order chi connectivity index (χ0) is 18.1. The first-order chi connectivity index (χ1) is 11.1. The monoisotopic (exact) mass is 354 g/mol. The predicted octanol–water partition coefficient (Wildman–Crippen LogP) is 3.45. The quantitative estimate of drug-likeness (QED) is 0.788. The van der Waals surface area contributed by atoms with Crippen LogP contribution in [0.25, 0.3) is 0 Å². The lowest BCUT2D eigenvalue weighted by Crippen LogP contribution is -2.56. The number of carbonyl (C=O) groups excluding carboxylic acids is 1. The molecule has 0 saturated heterocycles. The number of hydrogen-bond donors (Lipinski definition) is 2. The minimum absolute atomic E-state index is 0.0186. The number of carbonyl (C=O) groups is 1. The van der Waals surface area contributed by atoms with Crippen LogP contribution in [0.15, 0.2) is 6.07 Å². The molecular formula is C16H20ClFN4O2. The van der Waals surface area contributed by atoms with Crippen molar-refractivity contribution in [2.75, 3.05) is 11.9 Å². The van der Waals surface area contributed by atoms with E-state index >= 15 is 0 Å². The summed E-state index contributed by atoms with van der Waals surface area (Å²) in [7, 11) is 0. The molecule has 1 aliphatic rings. The largest absolute Gasteiger partial charge is 0.447 e. The van der Waals surface area contributed by atoms with Gasteiger partial charge in [-0.3, -0.25) is 0 Å². The van der Waals surface area contributed by atoms with Crippen LogP contribution in [0, 0.1) is 28.5 Å². The minimum atomic E-state index is -0.891. The third-order valence-corrected chi connectivity index (χ3v) is 4.73. The number of aromatic nitrogens is 1. The number of pyridine rings is 1. The molecular weight excluding hydrogens is 335 g/mol. The molecule has 0 aliphatic heterocycles. The SMILES string of the molecule is CC(C)(C)[C@](COC(N)=O)(Nc1nc(Cl)c(C#N)cc1F)C1CC1. The molecule has 1 fully saturated rings. The van der Waals surface area contributed by atoms with Gasteiger partial charge in [-0.1, -0.05) is 32.4 Å². The van der Waals surface area contributed by atoms with Crippen molar-refractivity contribution in [1.29, 1.82) is 5.26 Å². The molecule has 0 unspecified atom stereocenters. The molecule has 1 amide bonds. The van der Waals surface area contributed by atoms with Gasteiger partial charge < -0.3 is 15.8 Å². The normalized spacial score (nSPS) is 16.8. The standard InChI is InChI=1S/C16H20ClFN4O2/c1-15(2,3)16(10-4-5-10,8-24-14(20)23)22-13-11(18)6-9(7-19)12(17)21-13/h6,10H,4-5,8H2,1-3H3,(H2,20,23)(H,21,22)/t16-/m1/s1. The van der Waals surface area contributed by atoms with E-state index in [2.05, 4.69) is 10.3 Å². The first-order valence-electron chi connectivity index (χ1n) is 7.57. The molecule has 0 bridgehead atoms. The highest BCUT2D eigenvalue weighted by atomic mass is 35.5. The van der Waals surface area contributed by atoms with Crippen molar-refractivity contribution in [3.05, 3.63) is 22.6 Å². The van der Waals surface area contributed by atoms with Crippen LogP contribution in [-0.4, -0.2) is 23.2 Å². The maximum absolute atomic E-state index is 14.4. The van der Waals surface area contributed by atoms with Gasteiger partial charge in [-0.15, -0.1) is 0 Å². The number of rotatable bonds is 5. The second-order valence-corrected chi connectivity index (χ2v) is 7.36. The van der Waals surface area contributed by atoms with E-state index in [0.717, 1.165) is 18.9 Å². The van der Waals surface area contributed by atoms with Crippen molar-refractivity contribution in [3.63, 3.8) is 0 Å². The Kier molecular flexibility index (Phi) is 4.90. The lowest BCUT2D eigenvalue weighted by molar-refractivity contribution is 0.0709. The van der Waals surface area contributed by atoms with Gasteiger partial charge in [0.05, 0.1) is 11.1 Å². The highest BCUT2D eigenvalue weighted by Gasteiger charge is 2.54. The van der Waals surface area contributed by atoms with Crippen molar-refractivity contribution < 1.29 is 13.9 Å². The van der Waals surface area contributed by atoms with E-state index in [-0.39, 0.29) is 29.1 Å². The number of primary amides is 1. The molecule has 130 valence electrons. The zero-order valence-corrected chi connectivity index (χ0v) is 14.6. The summed E-state index contributed by atoms with van der Waals surface area (Å²) in [5.41, 5.74) is 3.92. The van der Waals surface area contributed by atoms with E-state index in [1.807, 2.05) is 20.8 Å². The maximum Gasteiger partial charge on any atom is 0.404 e. The van der Waals surface area contributed by atoms with Crippen molar-refractivity contribution in [1.82, 2.24) is 4.98 Å². The summed E-state index contributed by atoms with van der Waals surface area (Å²) in [6.45, 7) is 5.87. The maximum atomic E-state index is 14.4. The second-order valence-electron chi connectivity index (χ2n) is 7.00. The number of nitrogens with one attached hydrogen (secondary N) is 1. The average molecular weight is 355 g/mol. The molecule has 0 radical (unpaired) electrons. The summed E-state index contributed by atoms with van der Waals surface area (Å²) < 4.78 is 19.4. The van der Waals surface area contributed by atoms with Crippen LogP contribution >= 0.6 is 11.6 Å². The Hall–Kier alpha value is -2.07. The number of anilines is 1. The van der Waals surface area contributed by atoms with Crippen molar-refractivity contribution in [2.24, 2.45) is 17.1 Å². The summed E-state index contributed by atoms with van der Waals surface area (Å²) >= 11 is 5.92. The molecule has 1 atom stereocenters. The lowest BCUT2D eigenvalue weighted by Gasteiger charge is -2.45. The molecule has 3 N–H and O–H groups in total. The number of nitrogens with two attached hydrogens (primary N) is 1. The van der Waals surface area contributed by atoms with Crippen LogP contribution in [0.3, 0.4) is 0 Å². The number of nitrogens with zero attached hydrogens (tertiary/aromatic N) is 2. The summed E-state index contributed by atoms with van der Waals surface area (Å²) in [6.07, 6.45) is 0.938. The molecule has 1 saturated carbocycles. The van der Waals surface area contributed by atoms with E-state index in [4.69, 9.17) is 27.3 Å². The average Bonchev–Trinajstić information content (AvgIpc) is 3.29. The molecule has 0 spiro atoms. The molecule has 8 heteroatoms. The van der Waals surface area contributed by atoms with Gasteiger partial charge >= 0.3 is 6.09 Å². The van der Waals surface area contributed by atoms with E-state index < -0.39 is 22.9 Å². The van der Waals surface area contributed by atoms with E-state index in [0.29, 0.717) is 0 Å². The third-order valence-electron chi connectivity index (χ3n) is 4.45. The number of nitriles is 1. The van der Waals surface area contributed by atoms with Gasteiger partial charge in [0, 0.05) is 0 Å². The Balaban J connectivity index is 2.44. The Bertz CT molecular complexity index is 695. The van der Waals surface area contributed by atoms with E-state index in [9.17, 15) is 9.18 Å². The van der Waals surface area contributed by atoms with Gasteiger partial charge in [-0.05, 0) is 30.2 Å². The molecule has 1 heterocycles. The molecule has 1 aliphatic carbocycles. The highest BCUT2D eigenvalue weighted by molar-refractivity contribution is 6.30. The van der Waals surface area contributed by atoms with Crippen LogP contribution in [-0.2, 0) is 4.74 Å². The van der Waals surface area contributed by atoms with Gasteiger partial charge in [0.15, 0.2) is 11.6 Å². The predicted molar refractivity (Wildman–Crippen MR) is 88.0 cm³/mol. The first kappa shape index (κ1) is 18.3. The molecule has 0 aromatic carbocycles. The van der Waals surface area contributed by atoms with Gasteiger partial charge in [-0.2, -0.15) is 5.26 Å². The van der Waals surface area contributed by atoms with Gasteiger partial charge in [0.2, 0.25) is 0 Å². The Labute approximate surface area is 145 Å². The zero-order valence-electron chi connectivity index (χ0n) is 13.8. The fraction of sp³-hybridized carbons (Fsp3) is 0.562. The van der Waals surface area contributed by atoms with E-state index in [1.165, 1.54) is 0 Å². The summed E-state index contributed by atoms with van der Waals surface area (Å²) in [4.78, 5) is 15.1. The fourth-order valence-corrected chi connectivity index (χ4v) is 3.06. The molecule has 24 heavy (non-hydrogen) atoms. The lowest BCUT2D eigenvalue weighted by atomic mass is 9.70. The van der Waals surface area contributed by atoms with Crippen LogP contribution in [0.2, 0.25) is 5.15 Å². The number of ether oxygens (including phenoxy) is 1. The van der Waals surface area contributed by atoms with Crippen LogP contribution < -0.4 is 11.1 Å². The minimum Gasteiger partial charge on any atom is -0.447 e. The molecule has 2 rings (SSSR count). The van der Waals surface area contributed by atoms with Crippen LogP contribution in [0.1, 0.15) is 39.2 Å². The van der Waals surface area contributed by atoms with Gasteiger partial charge in [-0.25, -0.2) is 14.2 Å². The second kappa shape index (κ2) is 6.44. The number of amides is 1. The topological polar surface area (TPSA) is 101 Å². The number of halogens is 2. The molecule has 1 aromatic heterocycles. The van der Waals surface area contributed by atoms with Crippen molar-refractivity contribution in [2.45, 2.75) is 39.2 Å². The van der Waals surface area contributed by atoms with Crippen LogP contribution in [0.4, 0.5) is 15.0 Å². The summed E-state index contributed by atoms with van der Waals surface area (Å²) in [6, 6.07) is 2.82. The van der Waals surface area contributed by atoms with Crippen molar-refractivity contribution in [3.8, 4) is 6.07 Å². The van der Waals surface area contributed by atoms with Gasteiger partial charge in [0.25, 0.3) is 0 Å². The molecule has 6 nitrogen and oxygen atoms in total. The van der Waals surface area contributed by atoms with Gasteiger partial charge in [0.1, 0.15) is 17.8 Å². The third kappa shape index (κ3) is 3.54. The summed E-state index contributed by atoms with van der Waals surface area (Å²) in [5, 5.41) is 11.9. The molecule has 1 aromatic rings. The Morgan fingerprint density at radius 3 is 2.67 bits per heavy atom. The summed E-state index contributed by atoms with van der Waals surface area (Å²) in [5.74, 6) is -0.592. The van der Waals surface area contributed by atoms with E-state index in [1.54, 1.807) is 6.07 Å².